The van der Waals surface area contributed by atoms with Gasteiger partial charge >= 0.3 is 0 Å². The Labute approximate surface area is 91.4 Å². The first-order valence-electron chi connectivity index (χ1n) is 5.81. The number of nitrogens with one attached hydrogen (secondary N) is 1. The molecule has 0 amide bonds. The smallest absolute Gasteiger partial charge is 0.118 e. The number of hydrazine groups is 1. The van der Waals surface area contributed by atoms with Crippen LogP contribution in [0, 0.1) is 0 Å². The summed E-state index contributed by atoms with van der Waals surface area (Å²) in [6.45, 7) is 5.36. The minimum absolute atomic E-state index is 0.628. The molecule has 0 aliphatic carbocycles. The molecule has 2 heterocycles. The molecule has 15 heavy (non-hydrogen) atoms. The van der Waals surface area contributed by atoms with E-state index < -0.39 is 0 Å². The Hall–Kier alpha value is -0.800. The Kier molecular flexibility index (Phi) is 3.44. The molecule has 0 saturated carbocycles. The van der Waals surface area contributed by atoms with Crippen molar-refractivity contribution in [1.29, 1.82) is 0 Å². The zero-order valence-corrected chi connectivity index (χ0v) is 9.57. The molecule has 0 radical (unpaired) electrons. The van der Waals surface area contributed by atoms with Gasteiger partial charge in [0.05, 0.1) is 12.8 Å². The van der Waals surface area contributed by atoms with Gasteiger partial charge in [-0.3, -0.25) is 0 Å². The van der Waals surface area contributed by atoms with Gasteiger partial charge in [-0.2, -0.15) is 0 Å². The molecule has 3 heteroatoms. The molecular formula is C12H20N2O. The van der Waals surface area contributed by atoms with Crippen molar-refractivity contribution >= 4 is 0 Å². The zero-order valence-electron chi connectivity index (χ0n) is 9.57. The van der Waals surface area contributed by atoms with Crippen LogP contribution in [0.2, 0.25) is 0 Å². The first kappa shape index (κ1) is 10.7. The molecule has 0 aromatic carbocycles. The summed E-state index contributed by atoms with van der Waals surface area (Å²) in [5.41, 5.74) is 3.46. The van der Waals surface area contributed by atoms with Crippen molar-refractivity contribution in [3.63, 3.8) is 0 Å². The fourth-order valence-electron chi connectivity index (χ4n) is 2.32. The molecule has 2 rings (SSSR count). The summed E-state index contributed by atoms with van der Waals surface area (Å²) >= 11 is 0. The lowest BCUT2D eigenvalue weighted by Gasteiger charge is -2.38. The molecule has 1 aromatic rings. The van der Waals surface area contributed by atoms with Crippen LogP contribution in [0.1, 0.15) is 38.9 Å². The Morgan fingerprint density at radius 2 is 2.13 bits per heavy atom. The topological polar surface area (TPSA) is 28.4 Å². The van der Waals surface area contributed by atoms with Gasteiger partial charge in [-0.1, -0.05) is 6.42 Å². The quantitative estimate of drug-likeness (QED) is 0.827. The molecule has 1 aliphatic heterocycles. The summed E-state index contributed by atoms with van der Waals surface area (Å²) in [6, 6.07) is 5.19. The molecule has 1 fully saturated rings. The largest absolute Gasteiger partial charge is 0.468 e. The Morgan fingerprint density at radius 3 is 2.73 bits per heavy atom. The minimum Gasteiger partial charge on any atom is -0.468 e. The number of hydrogen-bond donors (Lipinski definition) is 1. The lowest BCUT2D eigenvalue weighted by molar-refractivity contribution is 0.0411. The van der Waals surface area contributed by atoms with Gasteiger partial charge in [0.2, 0.25) is 0 Å². The summed E-state index contributed by atoms with van der Waals surface area (Å²) in [7, 11) is 0. The van der Waals surface area contributed by atoms with Crippen LogP contribution in [0.3, 0.4) is 0 Å². The van der Waals surface area contributed by atoms with Crippen molar-refractivity contribution in [2.24, 2.45) is 0 Å². The van der Waals surface area contributed by atoms with Gasteiger partial charge in [0.1, 0.15) is 5.76 Å². The fourth-order valence-corrected chi connectivity index (χ4v) is 2.32. The fraction of sp³-hybridized carbons (Fsp3) is 0.667. The third kappa shape index (κ3) is 2.61. The highest BCUT2D eigenvalue weighted by atomic mass is 16.3. The number of rotatable bonds is 3. The number of piperidine rings is 1. The monoisotopic (exact) mass is 208 g/mol. The van der Waals surface area contributed by atoms with E-state index in [1.165, 1.54) is 19.3 Å². The second kappa shape index (κ2) is 4.81. The Balaban J connectivity index is 1.86. The second-order valence-electron chi connectivity index (χ2n) is 4.45. The van der Waals surface area contributed by atoms with Gasteiger partial charge in [0, 0.05) is 12.1 Å². The number of furan rings is 1. The second-order valence-corrected chi connectivity index (χ2v) is 4.45. The molecular weight excluding hydrogens is 188 g/mol. The predicted octanol–water partition coefficient (Wildman–Crippen LogP) is 2.55. The average molecular weight is 208 g/mol. The van der Waals surface area contributed by atoms with E-state index in [0.29, 0.717) is 12.1 Å². The van der Waals surface area contributed by atoms with E-state index in [9.17, 15) is 0 Å². The maximum atomic E-state index is 5.31. The Bertz CT molecular complexity index is 274. The normalized spacial score (nSPS) is 28.1. The summed E-state index contributed by atoms with van der Waals surface area (Å²) in [6.07, 6.45) is 5.65. The van der Waals surface area contributed by atoms with Gasteiger partial charge in [-0.05, 0) is 38.8 Å². The van der Waals surface area contributed by atoms with Gasteiger partial charge in [0.25, 0.3) is 0 Å². The van der Waals surface area contributed by atoms with Crippen LogP contribution in [0.25, 0.3) is 0 Å². The zero-order chi connectivity index (χ0) is 10.7. The maximum absolute atomic E-state index is 5.31. The van der Waals surface area contributed by atoms with Gasteiger partial charge in [-0.25, -0.2) is 10.4 Å². The molecule has 1 aliphatic rings. The van der Waals surface area contributed by atoms with Crippen molar-refractivity contribution in [2.45, 2.75) is 51.7 Å². The van der Waals surface area contributed by atoms with Crippen LogP contribution in [0.15, 0.2) is 22.8 Å². The molecule has 84 valence electrons. The van der Waals surface area contributed by atoms with Gasteiger partial charge in [-0.15, -0.1) is 0 Å². The van der Waals surface area contributed by atoms with Crippen molar-refractivity contribution in [2.75, 3.05) is 0 Å². The average Bonchev–Trinajstić information content (AvgIpc) is 2.70. The van der Waals surface area contributed by atoms with Crippen molar-refractivity contribution in [3.8, 4) is 0 Å². The van der Waals surface area contributed by atoms with Crippen LogP contribution in [-0.2, 0) is 6.54 Å². The van der Waals surface area contributed by atoms with E-state index in [1.54, 1.807) is 6.26 Å². The third-order valence-electron chi connectivity index (χ3n) is 3.21. The molecule has 2 unspecified atom stereocenters. The first-order chi connectivity index (χ1) is 7.27. The van der Waals surface area contributed by atoms with Crippen LogP contribution < -0.4 is 5.43 Å². The van der Waals surface area contributed by atoms with E-state index in [2.05, 4.69) is 24.3 Å². The highest BCUT2D eigenvalue weighted by Crippen LogP contribution is 2.20. The SMILES string of the molecule is CC1CCCC(C)N1NCc1ccco1. The predicted molar refractivity (Wildman–Crippen MR) is 60.2 cm³/mol. The molecule has 1 aromatic heterocycles. The van der Waals surface area contributed by atoms with E-state index in [1.807, 2.05) is 12.1 Å². The van der Waals surface area contributed by atoms with Crippen LogP contribution >= 0.6 is 0 Å². The van der Waals surface area contributed by atoms with E-state index in [0.717, 1.165) is 12.3 Å². The third-order valence-corrected chi connectivity index (χ3v) is 3.21. The molecule has 2 atom stereocenters. The molecule has 0 bridgehead atoms. The Morgan fingerprint density at radius 1 is 1.40 bits per heavy atom. The first-order valence-corrected chi connectivity index (χ1v) is 5.81. The highest BCUT2D eigenvalue weighted by molar-refractivity contribution is 4.97. The van der Waals surface area contributed by atoms with E-state index in [4.69, 9.17) is 4.42 Å². The summed E-state index contributed by atoms with van der Waals surface area (Å²) < 4.78 is 5.31. The van der Waals surface area contributed by atoms with Crippen LogP contribution in [0.4, 0.5) is 0 Å². The molecule has 0 spiro atoms. The lowest BCUT2D eigenvalue weighted by Crippen LogP contribution is -2.51. The van der Waals surface area contributed by atoms with Crippen molar-refractivity contribution in [3.05, 3.63) is 24.2 Å². The van der Waals surface area contributed by atoms with Gasteiger partial charge < -0.3 is 4.42 Å². The summed E-state index contributed by atoms with van der Waals surface area (Å²) in [5.74, 6) is 1.000. The molecule has 3 nitrogen and oxygen atoms in total. The van der Waals surface area contributed by atoms with E-state index in [-0.39, 0.29) is 0 Å². The molecule has 1 N–H and O–H groups in total. The van der Waals surface area contributed by atoms with Crippen LogP contribution in [0.5, 0.6) is 0 Å². The molecule has 1 saturated heterocycles. The van der Waals surface area contributed by atoms with E-state index >= 15 is 0 Å². The summed E-state index contributed by atoms with van der Waals surface area (Å²) in [4.78, 5) is 0. The lowest BCUT2D eigenvalue weighted by atomic mass is 10.00. The van der Waals surface area contributed by atoms with Gasteiger partial charge in [0.15, 0.2) is 0 Å². The van der Waals surface area contributed by atoms with Crippen molar-refractivity contribution in [1.82, 2.24) is 10.4 Å². The van der Waals surface area contributed by atoms with Crippen LogP contribution in [-0.4, -0.2) is 17.1 Å². The maximum Gasteiger partial charge on any atom is 0.118 e. The standard InChI is InChI=1S/C12H20N2O/c1-10-5-3-6-11(2)14(10)13-9-12-7-4-8-15-12/h4,7-8,10-11,13H,3,5-6,9H2,1-2H3. The highest BCUT2D eigenvalue weighted by Gasteiger charge is 2.24. The van der Waals surface area contributed by atoms with Crippen molar-refractivity contribution < 1.29 is 4.42 Å². The number of nitrogens with zero attached hydrogens (tertiary/aromatic N) is 1. The number of hydrogen-bond acceptors (Lipinski definition) is 3. The minimum atomic E-state index is 0.628. The summed E-state index contributed by atoms with van der Waals surface area (Å²) in [5, 5.41) is 2.37.